The standard InChI is InChI=1S/C7H14O18S4.4K/c1-20-7-6(25-29(17,18)19)5(24-28(14,15)16)4(23-27(11,12)13)3(22-7)2-21-26(8,9)10;;;;/h3-7H,2H2,1H3,(H,8,9,10)(H,11,12,13)(H,14,15,16)(H,17,18,19);;;;/q;4*+1/p-4/t3-,4-,5+,6+,7+;;;;/m1..../s1. The number of hydrogen-bond acceptors (Lipinski definition) is 18. The molecule has 0 aromatic rings. The van der Waals surface area contributed by atoms with Crippen molar-refractivity contribution in [1.82, 2.24) is 0 Å². The van der Waals surface area contributed by atoms with Gasteiger partial charge in [0.1, 0.15) is 18.3 Å². The van der Waals surface area contributed by atoms with Crippen LogP contribution in [0.2, 0.25) is 0 Å². The minimum Gasteiger partial charge on any atom is -0.726 e. The first-order valence-corrected chi connectivity index (χ1v) is 11.9. The van der Waals surface area contributed by atoms with Crippen molar-refractivity contribution in [2.45, 2.75) is 30.7 Å². The van der Waals surface area contributed by atoms with Crippen LogP contribution in [0.5, 0.6) is 0 Å². The maximum atomic E-state index is 10.9. The fourth-order valence-electron chi connectivity index (χ4n) is 2.09. The van der Waals surface area contributed by atoms with Gasteiger partial charge in [-0.25, -0.2) is 33.7 Å². The maximum Gasteiger partial charge on any atom is 1.00 e. The summed E-state index contributed by atoms with van der Waals surface area (Å²) in [5.74, 6) is 0. The van der Waals surface area contributed by atoms with Crippen LogP contribution in [0.4, 0.5) is 0 Å². The van der Waals surface area contributed by atoms with Crippen LogP contribution in [0.15, 0.2) is 0 Å². The molecular weight excluding hydrogens is 657 g/mol. The second-order valence-electron chi connectivity index (χ2n) is 4.88. The molecule has 18 nitrogen and oxygen atoms in total. The molecule has 174 valence electrons. The SMILES string of the molecule is CO[C@H]1O[C@H](COS(=O)(=O)[O-])[C@@H](OS(=O)(=O)[O-])[C@H](OS(=O)(=O)[O-])[C@@H]1OS(=O)(=O)[O-].[K+].[K+].[K+].[K+]. The zero-order chi connectivity index (χ0) is 22.8. The van der Waals surface area contributed by atoms with Crippen LogP contribution >= 0.6 is 0 Å². The van der Waals surface area contributed by atoms with Gasteiger partial charge in [0.2, 0.25) is 41.6 Å². The van der Waals surface area contributed by atoms with E-state index in [-0.39, 0.29) is 206 Å². The minimum absolute atomic E-state index is 0. The topological polar surface area (TPSA) is 284 Å². The third-order valence-corrected chi connectivity index (χ3v) is 4.69. The predicted molar refractivity (Wildman–Crippen MR) is 75.0 cm³/mol. The Morgan fingerprint density at radius 2 is 1.00 bits per heavy atom. The Morgan fingerprint density at radius 3 is 1.33 bits per heavy atom. The van der Waals surface area contributed by atoms with Gasteiger partial charge in [0.05, 0.1) is 6.61 Å². The molecule has 0 aromatic heterocycles. The molecule has 1 rings (SSSR count). The first-order chi connectivity index (χ1) is 12.8. The van der Waals surface area contributed by atoms with E-state index in [1.165, 1.54) is 0 Å². The van der Waals surface area contributed by atoms with E-state index >= 15 is 0 Å². The Balaban J connectivity index is -0.00000105. The van der Waals surface area contributed by atoms with Crippen molar-refractivity contribution in [3.05, 3.63) is 0 Å². The average molecular weight is 667 g/mol. The van der Waals surface area contributed by atoms with Crippen molar-refractivity contribution in [2.75, 3.05) is 13.7 Å². The van der Waals surface area contributed by atoms with Crippen molar-refractivity contribution in [3.8, 4) is 0 Å². The molecule has 0 aromatic carbocycles. The number of methoxy groups -OCH3 is 1. The summed E-state index contributed by atoms with van der Waals surface area (Å²) in [4.78, 5) is 0. The van der Waals surface area contributed by atoms with E-state index in [0.717, 1.165) is 7.11 Å². The molecule has 26 heteroatoms. The molecule has 1 aliphatic heterocycles. The van der Waals surface area contributed by atoms with Gasteiger partial charge in [-0.3, -0.25) is 16.7 Å². The molecule has 0 aliphatic carbocycles. The molecule has 1 saturated heterocycles. The largest absolute Gasteiger partial charge is 1.00 e. The summed E-state index contributed by atoms with van der Waals surface area (Å²) in [6, 6.07) is 0. The zero-order valence-electron chi connectivity index (χ0n) is 17.6. The minimum atomic E-state index is -5.83. The van der Waals surface area contributed by atoms with Gasteiger partial charge in [0.25, 0.3) is 0 Å². The van der Waals surface area contributed by atoms with Gasteiger partial charge in [0.15, 0.2) is 12.4 Å². The van der Waals surface area contributed by atoms with Crippen LogP contribution in [0.25, 0.3) is 0 Å². The fourth-order valence-corrected chi connectivity index (χ4v) is 3.86. The summed E-state index contributed by atoms with van der Waals surface area (Å²) in [5.41, 5.74) is 0. The summed E-state index contributed by atoms with van der Waals surface area (Å²) in [5, 5.41) is 0. The van der Waals surface area contributed by atoms with Gasteiger partial charge < -0.3 is 27.7 Å². The Morgan fingerprint density at radius 1 is 0.636 bits per heavy atom. The first kappa shape index (κ1) is 45.9. The Kier molecular flexibility index (Phi) is 26.7. The van der Waals surface area contributed by atoms with Crippen molar-refractivity contribution >= 4 is 41.6 Å². The Labute approximate surface area is 360 Å². The van der Waals surface area contributed by atoms with Crippen LogP contribution in [-0.2, 0) is 67.8 Å². The molecule has 0 amide bonds. The molecular formula is C7H10K4O18S4. The van der Waals surface area contributed by atoms with Crippen molar-refractivity contribution in [1.29, 1.82) is 0 Å². The van der Waals surface area contributed by atoms with Gasteiger partial charge in [0, 0.05) is 7.11 Å². The second kappa shape index (κ2) is 19.2. The van der Waals surface area contributed by atoms with E-state index in [0.29, 0.717) is 0 Å². The van der Waals surface area contributed by atoms with Crippen LogP contribution in [-0.4, -0.2) is 96.3 Å². The number of ether oxygens (including phenoxy) is 2. The van der Waals surface area contributed by atoms with Gasteiger partial charge >= 0.3 is 206 Å². The molecule has 0 unspecified atom stereocenters. The van der Waals surface area contributed by atoms with E-state index in [4.69, 9.17) is 4.74 Å². The van der Waals surface area contributed by atoms with Crippen LogP contribution in [0, 0.1) is 0 Å². The predicted octanol–water partition coefficient (Wildman–Crippen LogP) is -16.6. The fraction of sp³-hybridized carbons (Fsp3) is 1.00. The average Bonchev–Trinajstić information content (AvgIpc) is 2.44. The van der Waals surface area contributed by atoms with Crippen molar-refractivity contribution in [2.24, 2.45) is 0 Å². The second-order valence-corrected chi connectivity index (χ2v) is 8.96. The third kappa shape index (κ3) is 20.5. The molecule has 0 radical (unpaired) electrons. The van der Waals surface area contributed by atoms with Crippen LogP contribution in [0.1, 0.15) is 0 Å². The summed E-state index contributed by atoms with van der Waals surface area (Å²) in [6.45, 7) is -1.46. The first-order valence-electron chi connectivity index (χ1n) is 6.52. The molecule has 33 heavy (non-hydrogen) atoms. The van der Waals surface area contributed by atoms with Crippen molar-refractivity contribution < 1.29 is 284 Å². The molecule has 0 N–H and O–H groups in total. The van der Waals surface area contributed by atoms with Gasteiger partial charge in [-0.1, -0.05) is 0 Å². The molecule has 1 fully saturated rings. The molecule has 1 aliphatic rings. The number of rotatable bonds is 10. The van der Waals surface area contributed by atoms with Crippen LogP contribution in [0.3, 0.4) is 0 Å². The van der Waals surface area contributed by atoms with E-state index in [1.54, 1.807) is 0 Å². The Hall–Kier alpha value is 5.95. The molecule has 5 atom stereocenters. The Bertz CT molecular complexity index is 994. The third-order valence-electron chi connectivity index (χ3n) is 2.89. The van der Waals surface area contributed by atoms with Gasteiger partial charge in [-0.15, -0.1) is 0 Å². The maximum absolute atomic E-state index is 10.9. The summed E-state index contributed by atoms with van der Waals surface area (Å²) >= 11 is 0. The van der Waals surface area contributed by atoms with E-state index in [9.17, 15) is 51.9 Å². The number of hydrogen-bond donors (Lipinski definition) is 0. The molecule has 0 spiro atoms. The molecule has 0 saturated carbocycles. The smallest absolute Gasteiger partial charge is 0.726 e. The zero-order valence-corrected chi connectivity index (χ0v) is 33.3. The van der Waals surface area contributed by atoms with E-state index < -0.39 is 78.9 Å². The summed E-state index contributed by atoms with van der Waals surface area (Å²) in [7, 11) is -22.1. The molecule has 0 bridgehead atoms. The van der Waals surface area contributed by atoms with E-state index in [1.807, 2.05) is 0 Å². The normalized spacial score (nSPS) is 26.0. The van der Waals surface area contributed by atoms with Crippen LogP contribution < -0.4 is 206 Å². The quantitative estimate of drug-likeness (QED) is 0.119. The summed E-state index contributed by atoms with van der Waals surface area (Å²) < 4.78 is 155. The monoisotopic (exact) mass is 666 g/mol. The molecule has 1 heterocycles. The van der Waals surface area contributed by atoms with Crippen molar-refractivity contribution in [3.63, 3.8) is 0 Å². The summed E-state index contributed by atoms with van der Waals surface area (Å²) in [6.07, 6.45) is -12.3. The van der Waals surface area contributed by atoms with Gasteiger partial charge in [-0.2, -0.15) is 0 Å². The van der Waals surface area contributed by atoms with Gasteiger partial charge in [-0.05, 0) is 0 Å². The van der Waals surface area contributed by atoms with E-state index in [2.05, 4.69) is 21.5 Å².